The van der Waals surface area contributed by atoms with Crippen LogP contribution in [-0.2, 0) is 7.05 Å². The Kier molecular flexibility index (Phi) is 5.75. The predicted octanol–water partition coefficient (Wildman–Crippen LogP) is 0.558. The van der Waals surface area contributed by atoms with E-state index in [1.54, 1.807) is 38.4 Å². The van der Waals surface area contributed by atoms with Crippen molar-refractivity contribution in [1.29, 1.82) is 0 Å². The standard InChI is InChI=1S/C21H24N4O3/c1-24(2)18(14-8-7-9-15(12-14)28-4)13-22-20(26)19-16-10-5-6-11-17(16)21(27)25(3)23-19/h5-12,18H,13H2,1-4H3,(H,22,26)/p+1/t18-/m0/s1. The minimum atomic E-state index is -0.305. The molecule has 0 saturated heterocycles. The van der Waals surface area contributed by atoms with Crippen LogP contribution in [0.3, 0.4) is 0 Å². The van der Waals surface area contributed by atoms with Gasteiger partial charge in [-0.1, -0.05) is 30.3 Å². The molecule has 0 fully saturated rings. The number of fused-ring (bicyclic) bond motifs is 1. The first-order valence-electron chi connectivity index (χ1n) is 9.10. The second-order valence-corrected chi connectivity index (χ2v) is 6.94. The number of carbonyl (C=O) groups excluding carboxylic acids is 1. The maximum Gasteiger partial charge on any atom is 0.274 e. The van der Waals surface area contributed by atoms with E-state index in [4.69, 9.17) is 4.74 Å². The summed E-state index contributed by atoms with van der Waals surface area (Å²) >= 11 is 0. The molecular formula is C21H25N4O3+. The van der Waals surface area contributed by atoms with E-state index in [0.717, 1.165) is 11.3 Å². The van der Waals surface area contributed by atoms with Crippen LogP contribution in [0.25, 0.3) is 10.8 Å². The number of aryl methyl sites for hydroxylation is 1. The molecule has 0 spiro atoms. The first-order chi connectivity index (χ1) is 13.4. The maximum atomic E-state index is 12.9. The highest BCUT2D eigenvalue weighted by Crippen LogP contribution is 2.17. The van der Waals surface area contributed by atoms with Gasteiger partial charge in [-0.15, -0.1) is 0 Å². The first kappa shape index (κ1) is 19.6. The van der Waals surface area contributed by atoms with Crippen LogP contribution in [0.1, 0.15) is 22.1 Å². The molecule has 0 aliphatic rings. The zero-order valence-corrected chi connectivity index (χ0v) is 16.5. The van der Waals surface area contributed by atoms with Crippen molar-refractivity contribution < 1.29 is 14.4 Å². The summed E-state index contributed by atoms with van der Waals surface area (Å²) < 4.78 is 6.52. The number of ether oxygens (including phenoxy) is 1. The highest BCUT2D eigenvalue weighted by Gasteiger charge is 2.21. The third-order valence-corrected chi connectivity index (χ3v) is 4.83. The number of amides is 1. The van der Waals surface area contributed by atoms with E-state index in [0.29, 0.717) is 17.3 Å². The fourth-order valence-corrected chi connectivity index (χ4v) is 3.26. The van der Waals surface area contributed by atoms with Crippen molar-refractivity contribution in [2.75, 3.05) is 27.7 Å². The number of hydrogen-bond donors (Lipinski definition) is 2. The minimum Gasteiger partial charge on any atom is -0.497 e. The number of methoxy groups -OCH3 is 1. The molecule has 2 N–H and O–H groups in total. The third kappa shape index (κ3) is 3.89. The molecule has 0 aliphatic carbocycles. The molecule has 3 rings (SSSR count). The number of rotatable bonds is 6. The first-order valence-corrected chi connectivity index (χ1v) is 9.10. The molecule has 146 valence electrons. The Morgan fingerprint density at radius 1 is 1.18 bits per heavy atom. The second-order valence-electron chi connectivity index (χ2n) is 6.94. The zero-order valence-electron chi connectivity index (χ0n) is 16.5. The quantitative estimate of drug-likeness (QED) is 0.654. The van der Waals surface area contributed by atoms with Gasteiger partial charge in [0.25, 0.3) is 11.5 Å². The average molecular weight is 381 g/mol. The lowest BCUT2D eigenvalue weighted by molar-refractivity contribution is -0.890. The summed E-state index contributed by atoms with van der Waals surface area (Å²) in [7, 11) is 7.26. The maximum absolute atomic E-state index is 12.9. The molecule has 0 radical (unpaired) electrons. The number of carbonyl (C=O) groups is 1. The van der Waals surface area contributed by atoms with Gasteiger partial charge in [-0.2, -0.15) is 5.10 Å². The van der Waals surface area contributed by atoms with Crippen LogP contribution in [0, 0.1) is 0 Å². The zero-order chi connectivity index (χ0) is 20.3. The summed E-state index contributed by atoms with van der Waals surface area (Å²) in [6, 6.07) is 14.9. The van der Waals surface area contributed by atoms with Gasteiger partial charge in [-0.3, -0.25) is 9.59 Å². The average Bonchev–Trinajstić information content (AvgIpc) is 2.70. The summed E-state index contributed by atoms with van der Waals surface area (Å²) in [6.45, 7) is 0.424. The molecule has 0 aliphatic heterocycles. The van der Waals surface area contributed by atoms with Crippen LogP contribution < -0.4 is 20.5 Å². The fourth-order valence-electron chi connectivity index (χ4n) is 3.26. The second kappa shape index (κ2) is 8.22. The largest absolute Gasteiger partial charge is 0.497 e. The van der Waals surface area contributed by atoms with Crippen LogP contribution in [0.2, 0.25) is 0 Å². The molecule has 0 unspecified atom stereocenters. The summed E-state index contributed by atoms with van der Waals surface area (Å²) in [6.07, 6.45) is 0. The van der Waals surface area contributed by atoms with E-state index in [2.05, 4.69) is 10.4 Å². The molecule has 7 heteroatoms. The van der Waals surface area contributed by atoms with Crippen molar-refractivity contribution in [3.05, 3.63) is 70.1 Å². The van der Waals surface area contributed by atoms with E-state index < -0.39 is 0 Å². The number of aromatic nitrogens is 2. The monoisotopic (exact) mass is 381 g/mol. The van der Waals surface area contributed by atoms with Gasteiger partial charge in [0, 0.05) is 18.0 Å². The highest BCUT2D eigenvalue weighted by molar-refractivity contribution is 6.04. The molecule has 0 bridgehead atoms. The van der Waals surface area contributed by atoms with Crippen LogP contribution in [0.5, 0.6) is 5.75 Å². The molecular weight excluding hydrogens is 356 g/mol. The Hall–Kier alpha value is -3.19. The lowest BCUT2D eigenvalue weighted by Crippen LogP contribution is -3.07. The summed E-state index contributed by atoms with van der Waals surface area (Å²) in [4.78, 5) is 26.3. The smallest absolute Gasteiger partial charge is 0.274 e. The normalized spacial score (nSPS) is 12.2. The van der Waals surface area contributed by atoms with Crippen LogP contribution in [0.4, 0.5) is 0 Å². The Balaban J connectivity index is 1.87. The molecule has 1 atom stereocenters. The molecule has 1 amide bonds. The van der Waals surface area contributed by atoms with Gasteiger partial charge in [0.15, 0.2) is 5.69 Å². The number of nitrogens with zero attached hydrogens (tertiary/aromatic N) is 2. The van der Waals surface area contributed by atoms with Gasteiger partial charge in [0.05, 0.1) is 33.1 Å². The number of quaternary nitrogens is 1. The predicted molar refractivity (Wildman–Crippen MR) is 108 cm³/mol. The van der Waals surface area contributed by atoms with Crippen molar-refractivity contribution in [2.45, 2.75) is 6.04 Å². The van der Waals surface area contributed by atoms with E-state index in [1.807, 2.05) is 38.4 Å². The van der Waals surface area contributed by atoms with Crippen molar-refractivity contribution in [1.82, 2.24) is 15.1 Å². The summed E-state index contributed by atoms with van der Waals surface area (Å²) in [5.41, 5.74) is 1.09. The van der Waals surface area contributed by atoms with Crippen molar-refractivity contribution in [3.8, 4) is 5.75 Å². The molecule has 3 aromatic rings. The third-order valence-electron chi connectivity index (χ3n) is 4.83. The van der Waals surface area contributed by atoms with Gasteiger partial charge >= 0.3 is 0 Å². The van der Waals surface area contributed by atoms with Gasteiger partial charge in [-0.25, -0.2) is 4.68 Å². The fraction of sp³-hybridized carbons (Fsp3) is 0.286. The van der Waals surface area contributed by atoms with Crippen LogP contribution >= 0.6 is 0 Å². The molecule has 7 nitrogen and oxygen atoms in total. The molecule has 2 aromatic carbocycles. The lowest BCUT2D eigenvalue weighted by atomic mass is 10.1. The van der Waals surface area contributed by atoms with Gasteiger partial charge in [0.1, 0.15) is 11.8 Å². The molecule has 1 heterocycles. The topological polar surface area (TPSA) is 77.7 Å². The van der Waals surface area contributed by atoms with Crippen molar-refractivity contribution >= 4 is 16.7 Å². The van der Waals surface area contributed by atoms with Gasteiger partial charge in [-0.05, 0) is 18.2 Å². The SMILES string of the molecule is COc1cccc([C@H](CNC(=O)c2nn(C)c(=O)c3ccccc23)[NH+](C)C)c1. The van der Waals surface area contributed by atoms with Gasteiger partial charge < -0.3 is 15.0 Å². The molecule has 28 heavy (non-hydrogen) atoms. The van der Waals surface area contributed by atoms with Crippen molar-refractivity contribution in [3.63, 3.8) is 0 Å². The Labute approximate surface area is 163 Å². The van der Waals surface area contributed by atoms with E-state index in [9.17, 15) is 9.59 Å². The van der Waals surface area contributed by atoms with Crippen molar-refractivity contribution in [2.24, 2.45) is 7.05 Å². The highest BCUT2D eigenvalue weighted by atomic mass is 16.5. The summed E-state index contributed by atoms with van der Waals surface area (Å²) in [5.74, 6) is 0.474. The van der Waals surface area contributed by atoms with Crippen LogP contribution in [0.15, 0.2) is 53.3 Å². The van der Waals surface area contributed by atoms with Gasteiger partial charge in [0.2, 0.25) is 0 Å². The van der Waals surface area contributed by atoms with Crippen LogP contribution in [-0.4, -0.2) is 43.4 Å². The van der Waals surface area contributed by atoms with E-state index >= 15 is 0 Å². The molecule has 0 saturated carbocycles. The number of benzene rings is 2. The number of nitrogens with one attached hydrogen (secondary N) is 2. The Morgan fingerprint density at radius 2 is 1.89 bits per heavy atom. The van der Waals surface area contributed by atoms with E-state index in [1.165, 1.54) is 9.58 Å². The van der Waals surface area contributed by atoms with E-state index in [-0.39, 0.29) is 23.2 Å². The Bertz CT molecular complexity index is 1060. The summed E-state index contributed by atoms with van der Waals surface area (Å²) in [5, 5.41) is 8.20. The Morgan fingerprint density at radius 3 is 2.57 bits per heavy atom. The lowest BCUT2D eigenvalue weighted by Gasteiger charge is -2.22. The molecule has 1 aromatic heterocycles. The number of hydrogen-bond acceptors (Lipinski definition) is 4. The number of likely N-dealkylation sites (N-methyl/N-ethyl adjacent to an activating group) is 1. The minimum absolute atomic E-state index is 0.0397.